The van der Waals surface area contributed by atoms with E-state index in [9.17, 15) is 8.42 Å². The Morgan fingerprint density at radius 2 is 1.53 bits per heavy atom. The minimum Gasteiger partial charge on any atom is -0.247 e. The van der Waals surface area contributed by atoms with E-state index in [1.165, 1.54) is 6.26 Å². The molecule has 0 spiro atoms. The van der Waals surface area contributed by atoms with E-state index in [-0.39, 0.29) is 0 Å². The fraction of sp³-hybridized carbons (Fsp3) is 0.900. The monoisotopic (exact) mass is 251 g/mol. The molecule has 0 unspecified atom stereocenters. The highest BCUT2D eigenvalue weighted by molar-refractivity contribution is 8.32. The van der Waals surface area contributed by atoms with Crippen molar-refractivity contribution in [1.82, 2.24) is 0 Å². The summed E-state index contributed by atoms with van der Waals surface area (Å²) in [7, 11) is -3.50. The molecule has 0 rings (SSSR count). The number of hydrogen-bond acceptors (Lipinski definition) is 3. The lowest BCUT2D eigenvalue weighted by molar-refractivity contribution is 0.600. The van der Waals surface area contributed by atoms with Crippen LogP contribution < -0.4 is 0 Å². The Balaban J connectivity index is 3.79. The first-order chi connectivity index (χ1) is 6.77. The van der Waals surface area contributed by atoms with Crippen LogP contribution in [0.2, 0.25) is 0 Å². The lowest BCUT2D eigenvalue weighted by Gasteiger charge is -2.30. The molecule has 0 atom stereocenters. The summed E-state index contributed by atoms with van der Waals surface area (Å²) in [5, 5.41) is 8.43. The SMILES string of the molecule is CS(C)(CCCC#N)CCCS(C)(=O)=O. The van der Waals surface area contributed by atoms with Crippen LogP contribution in [0.15, 0.2) is 0 Å². The van der Waals surface area contributed by atoms with Gasteiger partial charge in [-0.15, -0.1) is 0 Å². The van der Waals surface area contributed by atoms with Crippen molar-refractivity contribution in [1.29, 1.82) is 5.26 Å². The molecule has 0 aliphatic rings. The first kappa shape index (κ1) is 14.8. The van der Waals surface area contributed by atoms with Gasteiger partial charge in [-0.3, -0.25) is 0 Å². The number of hydrogen-bond donors (Lipinski definition) is 0. The minimum absolute atomic E-state index is 0.293. The van der Waals surface area contributed by atoms with Crippen molar-refractivity contribution in [2.24, 2.45) is 0 Å². The van der Waals surface area contributed by atoms with Crippen molar-refractivity contribution < 1.29 is 8.42 Å². The van der Waals surface area contributed by atoms with Gasteiger partial charge in [-0.2, -0.15) is 5.26 Å². The van der Waals surface area contributed by atoms with E-state index in [0.29, 0.717) is 12.2 Å². The second kappa shape index (κ2) is 6.39. The average Bonchev–Trinajstić information content (AvgIpc) is 2.01. The Labute approximate surface area is 95.1 Å². The zero-order valence-corrected chi connectivity index (χ0v) is 11.5. The highest BCUT2D eigenvalue weighted by Crippen LogP contribution is 2.41. The molecule has 0 aliphatic carbocycles. The van der Waals surface area contributed by atoms with Gasteiger partial charge in [0, 0.05) is 12.7 Å². The molecule has 0 aromatic carbocycles. The average molecular weight is 251 g/mol. The molecule has 0 aromatic rings. The second-order valence-corrected chi connectivity index (χ2v) is 11.0. The molecule has 0 amide bonds. The lowest BCUT2D eigenvalue weighted by atomic mass is 10.4. The van der Waals surface area contributed by atoms with Gasteiger partial charge in [-0.05, 0) is 36.9 Å². The van der Waals surface area contributed by atoms with E-state index in [2.05, 4.69) is 18.6 Å². The van der Waals surface area contributed by atoms with Gasteiger partial charge in [0.05, 0.1) is 11.8 Å². The number of sulfone groups is 1. The van der Waals surface area contributed by atoms with Crippen LogP contribution in [0.25, 0.3) is 0 Å². The van der Waals surface area contributed by atoms with Gasteiger partial charge in [0.25, 0.3) is 0 Å². The molecule has 0 saturated carbocycles. The molecular formula is C10H21NO2S2. The summed E-state index contributed by atoms with van der Waals surface area (Å²) in [5.74, 6) is 2.36. The number of nitriles is 1. The molecule has 15 heavy (non-hydrogen) atoms. The van der Waals surface area contributed by atoms with E-state index >= 15 is 0 Å². The van der Waals surface area contributed by atoms with Crippen molar-refractivity contribution >= 4 is 19.9 Å². The van der Waals surface area contributed by atoms with Crippen LogP contribution in [0.1, 0.15) is 19.3 Å². The summed E-state index contributed by atoms with van der Waals surface area (Å²) in [6, 6.07) is 2.14. The van der Waals surface area contributed by atoms with Gasteiger partial charge in [0.2, 0.25) is 0 Å². The summed E-state index contributed by atoms with van der Waals surface area (Å²) < 4.78 is 21.9. The van der Waals surface area contributed by atoms with Gasteiger partial charge >= 0.3 is 0 Å². The van der Waals surface area contributed by atoms with Crippen molar-refractivity contribution in [3.8, 4) is 6.07 Å². The summed E-state index contributed by atoms with van der Waals surface area (Å²) in [6.07, 6.45) is 8.03. The Morgan fingerprint density at radius 1 is 1.00 bits per heavy atom. The zero-order chi connectivity index (χ0) is 11.9. The molecule has 0 saturated heterocycles. The van der Waals surface area contributed by atoms with E-state index in [4.69, 9.17) is 5.26 Å². The molecule has 0 aliphatic heterocycles. The first-order valence-corrected chi connectivity index (χ1v) is 9.85. The third kappa shape index (κ3) is 10.1. The molecular weight excluding hydrogens is 230 g/mol. The molecule has 0 radical (unpaired) electrons. The minimum atomic E-state index is -2.81. The van der Waals surface area contributed by atoms with Crippen molar-refractivity contribution in [2.75, 3.05) is 36.0 Å². The van der Waals surface area contributed by atoms with Crippen molar-refractivity contribution in [3.05, 3.63) is 0 Å². The molecule has 0 heterocycles. The second-order valence-electron chi connectivity index (χ2n) is 4.42. The molecule has 0 bridgehead atoms. The van der Waals surface area contributed by atoms with E-state index in [1.807, 2.05) is 0 Å². The topological polar surface area (TPSA) is 57.9 Å². The summed E-state index contributed by atoms with van der Waals surface area (Å²) >= 11 is 0. The Morgan fingerprint density at radius 3 is 2.00 bits per heavy atom. The fourth-order valence-corrected chi connectivity index (χ4v) is 4.26. The predicted octanol–water partition coefficient (Wildman–Crippen LogP) is 1.79. The Kier molecular flexibility index (Phi) is 6.30. The summed E-state index contributed by atoms with van der Waals surface area (Å²) in [5.41, 5.74) is 0. The molecule has 3 nitrogen and oxygen atoms in total. The predicted molar refractivity (Wildman–Crippen MR) is 68.3 cm³/mol. The molecule has 0 N–H and O–H groups in total. The number of nitrogens with zero attached hydrogens (tertiary/aromatic N) is 1. The maximum atomic E-state index is 10.9. The lowest BCUT2D eigenvalue weighted by Crippen LogP contribution is -2.11. The summed E-state index contributed by atoms with van der Waals surface area (Å²) in [6.45, 7) is 0. The highest BCUT2D eigenvalue weighted by Gasteiger charge is 2.12. The van der Waals surface area contributed by atoms with Crippen LogP contribution in [0.3, 0.4) is 0 Å². The van der Waals surface area contributed by atoms with Gasteiger partial charge in [0.1, 0.15) is 9.84 Å². The highest BCUT2D eigenvalue weighted by atomic mass is 32.3. The molecule has 0 fully saturated rings. The zero-order valence-electron chi connectivity index (χ0n) is 9.82. The largest absolute Gasteiger partial charge is 0.247 e. The third-order valence-corrected chi connectivity index (χ3v) is 6.02. The first-order valence-electron chi connectivity index (χ1n) is 5.00. The maximum Gasteiger partial charge on any atom is 0.147 e. The van der Waals surface area contributed by atoms with E-state index < -0.39 is 19.9 Å². The molecule has 5 heteroatoms. The van der Waals surface area contributed by atoms with Gasteiger partial charge in [-0.1, -0.05) is 0 Å². The van der Waals surface area contributed by atoms with Gasteiger partial charge < -0.3 is 0 Å². The van der Waals surface area contributed by atoms with Gasteiger partial charge in [0.15, 0.2) is 0 Å². The molecule has 0 aromatic heterocycles. The quantitative estimate of drug-likeness (QED) is 0.648. The fourth-order valence-electron chi connectivity index (χ4n) is 1.36. The standard InChI is InChI=1S/C10H21NO2S2/c1-14(2,8-5-4-7-11)9-6-10-15(3,12)13/h4-6,8-10H2,1-3H3. The van der Waals surface area contributed by atoms with Crippen molar-refractivity contribution in [2.45, 2.75) is 19.3 Å². The van der Waals surface area contributed by atoms with Gasteiger partial charge in [-0.25, -0.2) is 18.4 Å². The van der Waals surface area contributed by atoms with E-state index in [0.717, 1.165) is 24.3 Å². The van der Waals surface area contributed by atoms with Crippen molar-refractivity contribution in [3.63, 3.8) is 0 Å². The van der Waals surface area contributed by atoms with Crippen LogP contribution in [-0.2, 0) is 9.84 Å². The van der Waals surface area contributed by atoms with E-state index in [1.54, 1.807) is 0 Å². The third-order valence-electron chi connectivity index (χ3n) is 2.20. The summed E-state index contributed by atoms with van der Waals surface area (Å²) in [4.78, 5) is 0. The molecule has 90 valence electrons. The normalized spacial score (nSPS) is 13.5. The van der Waals surface area contributed by atoms with Crippen LogP contribution >= 0.6 is 10.0 Å². The van der Waals surface area contributed by atoms with Crippen LogP contribution in [0.5, 0.6) is 0 Å². The van der Waals surface area contributed by atoms with Crippen LogP contribution in [0, 0.1) is 11.3 Å². The maximum absolute atomic E-state index is 10.9. The Hall–Kier alpha value is -0.210. The van der Waals surface area contributed by atoms with Crippen LogP contribution in [0.4, 0.5) is 0 Å². The number of rotatable bonds is 7. The Bertz CT molecular complexity index is 315. The van der Waals surface area contributed by atoms with Crippen LogP contribution in [-0.4, -0.2) is 44.4 Å². The smallest absolute Gasteiger partial charge is 0.147 e. The number of unbranched alkanes of at least 4 members (excludes halogenated alkanes) is 1.